The van der Waals surface area contributed by atoms with Crippen molar-refractivity contribution in [3.05, 3.63) is 29.6 Å². The van der Waals surface area contributed by atoms with Crippen LogP contribution in [0.3, 0.4) is 0 Å². The number of ether oxygens (including phenoxy) is 1. The molecule has 0 aromatic heterocycles. The summed E-state index contributed by atoms with van der Waals surface area (Å²) >= 11 is 0. The molecule has 1 aliphatic rings. The van der Waals surface area contributed by atoms with Crippen LogP contribution in [0.2, 0.25) is 0 Å². The third-order valence-electron chi connectivity index (χ3n) is 4.62. The lowest BCUT2D eigenvalue weighted by Gasteiger charge is -2.34. The van der Waals surface area contributed by atoms with E-state index in [0.29, 0.717) is 17.7 Å². The monoisotopic (exact) mass is 279 g/mol. The Kier molecular flexibility index (Phi) is 4.69. The first-order valence-electron chi connectivity index (χ1n) is 7.51. The van der Waals surface area contributed by atoms with E-state index in [1.807, 2.05) is 12.1 Å². The van der Waals surface area contributed by atoms with E-state index in [2.05, 4.69) is 26.1 Å². The SMILES string of the molecule is COc1cccc(CC(C)(CNC2CC2)C(C)C)c1F. The van der Waals surface area contributed by atoms with E-state index in [4.69, 9.17) is 4.74 Å². The molecule has 1 N–H and O–H groups in total. The van der Waals surface area contributed by atoms with Crippen LogP contribution in [0.15, 0.2) is 18.2 Å². The highest BCUT2D eigenvalue weighted by Gasteiger charge is 2.32. The van der Waals surface area contributed by atoms with Gasteiger partial charge in [-0.2, -0.15) is 0 Å². The van der Waals surface area contributed by atoms with Crippen LogP contribution in [0.1, 0.15) is 39.2 Å². The van der Waals surface area contributed by atoms with Crippen molar-refractivity contribution in [2.75, 3.05) is 13.7 Å². The van der Waals surface area contributed by atoms with E-state index < -0.39 is 0 Å². The minimum atomic E-state index is -0.215. The van der Waals surface area contributed by atoms with Gasteiger partial charge in [0.15, 0.2) is 11.6 Å². The number of hydrogen-bond acceptors (Lipinski definition) is 2. The average Bonchev–Trinajstić information content (AvgIpc) is 3.23. The molecule has 1 atom stereocenters. The summed E-state index contributed by atoms with van der Waals surface area (Å²) in [6.07, 6.45) is 3.29. The minimum absolute atomic E-state index is 0.0514. The third kappa shape index (κ3) is 3.51. The maximum atomic E-state index is 14.3. The Labute approximate surface area is 121 Å². The molecule has 2 rings (SSSR count). The van der Waals surface area contributed by atoms with Crippen LogP contribution >= 0.6 is 0 Å². The molecule has 3 heteroatoms. The molecule has 0 amide bonds. The smallest absolute Gasteiger partial charge is 0.168 e. The fourth-order valence-corrected chi connectivity index (χ4v) is 2.42. The van der Waals surface area contributed by atoms with Crippen molar-refractivity contribution in [3.8, 4) is 5.75 Å². The second-order valence-corrected chi connectivity index (χ2v) is 6.57. The zero-order chi connectivity index (χ0) is 14.8. The Morgan fingerprint density at radius 2 is 2.10 bits per heavy atom. The normalized spacial score (nSPS) is 18.1. The Morgan fingerprint density at radius 1 is 1.40 bits per heavy atom. The number of methoxy groups -OCH3 is 1. The molecule has 20 heavy (non-hydrogen) atoms. The molecule has 0 radical (unpaired) electrons. The quantitative estimate of drug-likeness (QED) is 0.820. The molecule has 112 valence electrons. The van der Waals surface area contributed by atoms with Gasteiger partial charge < -0.3 is 10.1 Å². The van der Waals surface area contributed by atoms with E-state index >= 15 is 0 Å². The van der Waals surface area contributed by atoms with Crippen LogP contribution in [-0.4, -0.2) is 19.7 Å². The number of nitrogens with one attached hydrogen (secondary N) is 1. The summed E-state index contributed by atoms with van der Waals surface area (Å²) in [5.74, 6) is 0.608. The molecule has 1 aromatic carbocycles. The van der Waals surface area contributed by atoms with Crippen molar-refractivity contribution in [1.29, 1.82) is 0 Å². The van der Waals surface area contributed by atoms with Crippen LogP contribution < -0.4 is 10.1 Å². The summed E-state index contributed by atoms with van der Waals surface area (Å²) in [5.41, 5.74) is 0.800. The van der Waals surface area contributed by atoms with Gasteiger partial charge in [-0.3, -0.25) is 0 Å². The Balaban J connectivity index is 2.14. The van der Waals surface area contributed by atoms with Crippen LogP contribution in [0, 0.1) is 17.2 Å². The lowest BCUT2D eigenvalue weighted by Crippen LogP contribution is -2.39. The van der Waals surface area contributed by atoms with Gasteiger partial charge in [0.05, 0.1) is 7.11 Å². The maximum Gasteiger partial charge on any atom is 0.168 e. The Morgan fingerprint density at radius 3 is 2.65 bits per heavy atom. The molecule has 0 heterocycles. The molecule has 0 aliphatic heterocycles. The van der Waals surface area contributed by atoms with E-state index in [1.54, 1.807) is 6.07 Å². The standard InChI is InChI=1S/C17H26FNO/c1-12(2)17(3,11-19-14-8-9-14)10-13-6-5-7-15(20-4)16(13)18/h5-7,12,14,19H,8-11H2,1-4H3. The number of rotatable bonds is 7. The fourth-order valence-electron chi connectivity index (χ4n) is 2.42. The van der Waals surface area contributed by atoms with Crippen LogP contribution in [0.25, 0.3) is 0 Å². The van der Waals surface area contributed by atoms with Gasteiger partial charge in [-0.1, -0.05) is 32.9 Å². The van der Waals surface area contributed by atoms with Gasteiger partial charge in [0.1, 0.15) is 0 Å². The van der Waals surface area contributed by atoms with Crippen molar-refractivity contribution >= 4 is 0 Å². The molecule has 2 nitrogen and oxygen atoms in total. The molecule has 1 fully saturated rings. The summed E-state index contributed by atoms with van der Waals surface area (Å²) < 4.78 is 19.4. The average molecular weight is 279 g/mol. The lowest BCUT2D eigenvalue weighted by atomic mass is 9.74. The van der Waals surface area contributed by atoms with E-state index in [1.165, 1.54) is 20.0 Å². The third-order valence-corrected chi connectivity index (χ3v) is 4.62. The number of benzene rings is 1. The lowest BCUT2D eigenvalue weighted by molar-refractivity contribution is 0.204. The maximum absolute atomic E-state index is 14.3. The highest BCUT2D eigenvalue weighted by Crippen LogP contribution is 2.34. The molecule has 0 saturated heterocycles. The number of hydrogen-bond donors (Lipinski definition) is 1. The first-order valence-corrected chi connectivity index (χ1v) is 7.51. The topological polar surface area (TPSA) is 21.3 Å². The van der Waals surface area contributed by atoms with Gasteiger partial charge in [0.25, 0.3) is 0 Å². The van der Waals surface area contributed by atoms with Gasteiger partial charge in [0, 0.05) is 12.6 Å². The zero-order valence-corrected chi connectivity index (χ0v) is 13.0. The van der Waals surface area contributed by atoms with Gasteiger partial charge in [-0.15, -0.1) is 0 Å². The minimum Gasteiger partial charge on any atom is -0.494 e. The summed E-state index contributed by atoms with van der Waals surface area (Å²) in [6, 6.07) is 6.10. The largest absolute Gasteiger partial charge is 0.494 e. The van der Waals surface area contributed by atoms with Crippen molar-refractivity contribution in [2.45, 2.75) is 46.1 Å². The van der Waals surface area contributed by atoms with Crippen LogP contribution in [0.4, 0.5) is 4.39 Å². The van der Waals surface area contributed by atoms with Crippen molar-refractivity contribution < 1.29 is 9.13 Å². The molecule has 1 saturated carbocycles. The second-order valence-electron chi connectivity index (χ2n) is 6.57. The summed E-state index contributed by atoms with van der Waals surface area (Å²) in [7, 11) is 1.51. The summed E-state index contributed by atoms with van der Waals surface area (Å²) in [5, 5.41) is 3.59. The summed E-state index contributed by atoms with van der Waals surface area (Å²) in [4.78, 5) is 0. The Bertz CT molecular complexity index is 456. The van der Waals surface area contributed by atoms with Gasteiger partial charge >= 0.3 is 0 Å². The predicted molar refractivity (Wildman–Crippen MR) is 80.6 cm³/mol. The molecule has 1 unspecified atom stereocenters. The van der Waals surface area contributed by atoms with Crippen molar-refractivity contribution in [3.63, 3.8) is 0 Å². The molecule has 1 aliphatic carbocycles. The first-order chi connectivity index (χ1) is 9.46. The molecule has 1 aromatic rings. The fraction of sp³-hybridized carbons (Fsp3) is 0.647. The Hall–Kier alpha value is -1.09. The highest BCUT2D eigenvalue weighted by atomic mass is 19.1. The van der Waals surface area contributed by atoms with Gasteiger partial charge in [-0.25, -0.2) is 4.39 Å². The van der Waals surface area contributed by atoms with E-state index in [0.717, 1.165) is 18.5 Å². The first kappa shape index (κ1) is 15.3. The van der Waals surface area contributed by atoms with Crippen LogP contribution in [0.5, 0.6) is 5.75 Å². The van der Waals surface area contributed by atoms with Crippen molar-refractivity contribution in [1.82, 2.24) is 5.32 Å². The molecule has 0 bridgehead atoms. The molecular formula is C17H26FNO. The highest BCUT2D eigenvalue weighted by molar-refractivity contribution is 5.31. The predicted octanol–water partition coefficient (Wildman–Crippen LogP) is 3.79. The van der Waals surface area contributed by atoms with E-state index in [9.17, 15) is 4.39 Å². The molecular weight excluding hydrogens is 253 g/mol. The van der Waals surface area contributed by atoms with Gasteiger partial charge in [-0.05, 0) is 42.2 Å². The van der Waals surface area contributed by atoms with E-state index in [-0.39, 0.29) is 11.2 Å². The molecule has 0 spiro atoms. The van der Waals surface area contributed by atoms with Crippen molar-refractivity contribution in [2.24, 2.45) is 11.3 Å². The zero-order valence-electron chi connectivity index (χ0n) is 13.0. The second kappa shape index (κ2) is 6.13. The van der Waals surface area contributed by atoms with Crippen LogP contribution in [-0.2, 0) is 6.42 Å². The number of halogens is 1. The summed E-state index contributed by atoms with van der Waals surface area (Å²) in [6.45, 7) is 7.61. The van der Waals surface area contributed by atoms with Gasteiger partial charge in [0.2, 0.25) is 0 Å².